The van der Waals surface area contributed by atoms with Gasteiger partial charge in [0.2, 0.25) is 0 Å². The van der Waals surface area contributed by atoms with Crippen molar-refractivity contribution in [3.63, 3.8) is 0 Å². The second kappa shape index (κ2) is 7.45. The molecule has 106 valence electrons. The summed E-state index contributed by atoms with van der Waals surface area (Å²) < 4.78 is 1.09. The molecule has 2 aromatic rings. The average molecular weight is 306 g/mol. The molecular weight excluding hydrogens is 288 g/mol. The lowest BCUT2D eigenvalue weighted by molar-refractivity contribution is 0.0953. The summed E-state index contributed by atoms with van der Waals surface area (Å²) in [4.78, 5) is 16.2. The van der Waals surface area contributed by atoms with Gasteiger partial charge in [0, 0.05) is 28.9 Å². The van der Waals surface area contributed by atoms with Crippen molar-refractivity contribution in [3.8, 4) is 0 Å². The van der Waals surface area contributed by atoms with Gasteiger partial charge in [-0.15, -0.1) is 11.3 Å². The first-order valence-corrected chi connectivity index (χ1v) is 8.47. The van der Waals surface area contributed by atoms with Crippen LogP contribution in [0.25, 0.3) is 0 Å². The van der Waals surface area contributed by atoms with E-state index in [-0.39, 0.29) is 5.91 Å². The number of carbonyl (C=O) groups excluding carboxylic acids is 1. The van der Waals surface area contributed by atoms with Gasteiger partial charge in [0.05, 0.1) is 0 Å². The molecule has 1 heterocycles. The van der Waals surface area contributed by atoms with Gasteiger partial charge in [-0.1, -0.05) is 30.8 Å². The van der Waals surface area contributed by atoms with E-state index in [1.807, 2.05) is 38.1 Å². The zero-order valence-corrected chi connectivity index (χ0v) is 13.3. The van der Waals surface area contributed by atoms with E-state index < -0.39 is 0 Å². The second-order valence-electron chi connectivity index (χ2n) is 4.50. The molecule has 2 rings (SSSR count). The van der Waals surface area contributed by atoms with Crippen LogP contribution in [0.1, 0.15) is 35.0 Å². The highest BCUT2D eigenvalue weighted by molar-refractivity contribution is 8.00. The zero-order chi connectivity index (χ0) is 14.4. The van der Waals surface area contributed by atoms with Crippen LogP contribution in [0.4, 0.5) is 0 Å². The normalized spacial score (nSPS) is 10.5. The highest BCUT2D eigenvalue weighted by Crippen LogP contribution is 2.25. The number of thiazole rings is 1. The molecule has 3 nitrogen and oxygen atoms in total. The van der Waals surface area contributed by atoms with Crippen molar-refractivity contribution in [1.82, 2.24) is 10.3 Å². The largest absolute Gasteiger partial charge is 0.352 e. The van der Waals surface area contributed by atoms with Crippen LogP contribution in [0.2, 0.25) is 0 Å². The average Bonchev–Trinajstić information content (AvgIpc) is 2.89. The molecule has 0 saturated heterocycles. The van der Waals surface area contributed by atoms with E-state index in [2.05, 4.69) is 15.7 Å². The van der Waals surface area contributed by atoms with Crippen molar-refractivity contribution in [3.05, 3.63) is 46.5 Å². The number of aromatic nitrogens is 1. The first kappa shape index (κ1) is 15.1. The maximum atomic E-state index is 11.8. The number of nitrogens with one attached hydrogen (secondary N) is 1. The fraction of sp³-hybridized carbons (Fsp3) is 0.333. The van der Waals surface area contributed by atoms with Crippen LogP contribution in [0, 0.1) is 6.92 Å². The van der Waals surface area contributed by atoms with E-state index in [1.54, 1.807) is 23.1 Å². The third-order valence-corrected chi connectivity index (χ3v) is 4.92. The van der Waals surface area contributed by atoms with Gasteiger partial charge in [-0.3, -0.25) is 4.79 Å². The lowest BCUT2D eigenvalue weighted by atomic mass is 10.1. The number of aryl methyl sites for hydroxylation is 1. The summed E-state index contributed by atoms with van der Waals surface area (Å²) in [5.41, 5.74) is 2.99. The van der Waals surface area contributed by atoms with Crippen LogP contribution in [-0.4, -0.2) is 17.4 Å². The Hall–Kier alpha value is -1.33. The Kier molecular flexibility index (Phi) is 5.61. The van der Waals surface area contributed by atoms with E-state index in [0.717, 1.165) is 34.3 Å². The fourth-order valence-electron chi connectivity index (χ4n) is 1.64. The lowest BCUT2D eigenvalue weighted by Gasteiger charge is -2.04. The van der Waals surface area contributed by atoms with E-state index in [9.17, 15) is 4.79 Å². The van der Waals surface area contributed by atoms with E-state index in [0.29, 0.717) is 0 Å². The van der Waals surface area contributed by atoms with Crippen molar-refractivity contribution in [1.29, 1.82) is 0 Å². The van der Waals surface area contributed by atoms with Gasteiger partial charge in [-0.25, -0.2) is 4.98 Å². The topological polar surface area (TPSA) is 42.0 Å². The molecule has 0 fully saturated rings. The van der Waals surface area contributed by atoms with Gasteiger partial charge in [0.1, 0.15) is 4.34 Å². The fourth-order valence-corrected chi connectivity index (χ4v) is 3.44. The summed E-state index contributed by atoms with van der Waals surface area (Å²) >= 11 is 3.40. The molecule has 0 bridgehead atoms. The number of carbonyl (C=O) groups is 1. The van der Waals surface area contributed by atoms with E-state index in [4.69, 9.17) is 0 Å². The van der Waals surface area contributed by atoms with Crippen LogP contribution < -0.4 is 5.32 Å². The van der Waals surface area contributed by atoms with Gasteiger partial charge >= 0.3 is 0 Å². The Morgan fingerprint density at radius 2 is 2.10 bits per heavy atom. The minimum absolute atomic E-state index is 0.00148. The van der Waals surface area contributed by atoms with E-state index >= 15 is 0 Å². The molecule has 1 N–H and O–H groups in total. The number of amides is 1. The Morgan fingerprint density at radius 1 is 1.35 bits per heavy atom. The van der Waals surface area contributed by atoms with Crippen LogP contribution in [0.3, 0.4) is 0 Å². The second-order valence-corrected chi connectivity index (χ2v) is 6.58. The van der Waals surface area contributed by atoms with Crippen LogP contribution in [0.5, 0.6) is 0 Å². The number of nitrogens with zero attached hydrogens (tertiary/aromatic N) is 1. The molecular formula is C15H18N2OS2. The Labute approximate surface area is 127 Å². The number of benzene rings is 1. The molecule has 5 heteroatoms. The summed E-state index contributed by atoms with van der Waals surface area (Å²) in [5, 5.41) is 4.94. The van der Waals surface area contributed by atoms with Gasteiger partial charge in [0.25, 0.3) is 5.91 Å². The van der Waals surface area contributed by atoms with Gasteiger partial charge in [-0.05, 0) is 31.0 Å². The first-order chi connectivity index (χ1) is 9.69. The molecule has 0 aliphatic heterocycles. The highest BCUT2D eigenvalue weighted by Gasteiger charge is 2.05. The molecule has 0 saturated carbocycles. The number of hydrogen-bond donors (Lipinski definition) is 1. The third-order valence-electron chi connectivity index (χ3n) is 2.71. The van der Waals surface area contributed by atoms with Gasteiger partial charge < -0.3 is 5.32 Å². The SMILES string of the molecule is CCCNC(=O)c1ccc(CSc2nc(C)cs2)cc1. The monoisotopic (exact) mass is 306 g/mol. The van der Waals surface area contributed by atoms with Crippen molar-refractivity contribution >= 4 is 29.0 Å². The molecule has 1 aromatic heterocycles. The Balaban J connectivity index is 1.89. The molecule has 0 radical (unpaired) electrons. The smallest absolute Gasteiger partial charge is 0.251 e. The first-order valence-electron chi connectivity index (χ1n) is 6.61. The summed E-state index contributed by atoms with van der Waals surface area (Å²) in [6.45, 7) is 4.77. The van der Waals surface area contributed by atoms with Crippen molar-refractivity contribution in [2.45, 2.75) is 30.4 Å². The van der Waals surface area contributed by atoms with Crippen molar-refractivity contribution < 1.29 is 4.79 Å². The van der Waals surface area contributed by atoms with Crippen molar-refractivity contribution in [2.24, 2.45) is 0 Å². The quantitative estimate of drug-likeness (QED) is 0.823. The van der Waals surface area contributed by atoms with E-state index in [1.165, 1.54) is 5.56 Å². The molecule has 20 heavy (non-hydrogen) atoms. The molecule has 0 aliphatic carbocycles. The van der Waals surface area contributed by atoms with Crippen LogP contribution >= 0.6 is 23.1 Å². The van der Waals surface area contributed by atoms with Crippen LogP contribution in [0.15, 0.2) is 34.0 Å². The van der Waals surface area contributed by atoms with Crippen molar-refractivity contribution in [2.75, 3.05) is 6.54 Å². The Morgan fingerprint density at radius 3 is 2.70 bits per heavy atom. The zero-order valence-electron chi connectivity index (χ0n) is 11.7. The molecule has 0 aliphatic rings. The predicted molar refractivity (Wildman–Crippen MR) is 85.5 cm³/mol. The Bertz CT molecular complexity index is 564. The lowest BCUT2D eigenvalue weighted by Crippen LogP contribution is -2.23. The maximum absolute atomic E-state index is 11.8. The maximum Gasteiger partial charge on any atom is 0.251 e. The van der Waals surface area contributed by atoms with Gasteiger partial charge in [-0.2, -0.15) is 0 Å². The summed E-state index contributed by atoms with van der Waals surface area (Å²) in [6, 6.07) is 7.78. The molecule has 0 unspecified atom stereocenters. The highest BCUT2D eigenvalue weighted by atomic mass is 32.2. The van der Waals surface area contributed by atoms with Gasteiger partial charge in [0.15, 0.2) is 0 Å². The summed E-state index contributed by atoms with van der Waals surface area (Å²) in [6.07, 6.45) is 0.952. The molecule has 0 atom stereocenters. The molecule has 0 spiro atoms. The predicted octanol–water partition coefficient (Wildman–Crippen LogP) is 3.88. The number of hydrogen-bond acceptors (Lipinski definition) is 4. The third kappa shape index (κ3) is 4.35. The number of rotatable bonds is 6. The standard InChI is InChI=1S/C15H18N2OS2/c1-3-8-16-14(18)13-6-4-12(5-7-13)10-20-15-17-11(2)9-19-15/h4-7,9H,3,8,10H2,1-2H3,(H,16,18). The summed E-state index contributed by atoms with van der Waals surface area (Å²) in [7, 11) is 0. The van der Waals surface area contributed by atoms with Crippen LogP contribution in [-0.2, 0) is 5.75 Å². The minimum atomic E-state index is 0.00148. The molecule has 1 aromatic carbocycles. The minimum Gasteiger partial charge on any atom is -0.352 e. The number of thioether (sulfide) groups is 1. The summed E-state index contributed by atoms with van der Waals surface area (Å²) in [5.74, 6) is 0.880. The molecule has 1 amide bonds.